The summed E-state index contributed by atoms with van der Waals surface area (Å²) in [4.78, 5) is 12.9. The zero-order valence-corrected chi connectivity index (χ0v) is 17.1. The van der Waals surface area contributed by atoms with E-state index in [-0.39, 0.29) is 22.4 Å². The average Bonchev–Trinajstić information content (AvgIpc) is 2.89. The van der Waals surface area contributed by atoms with E-state index in [1.165, 1.54) is 12.1 Å². The first kappa shape index (κ1) is 20.2. The lowest BCUT2D eigenvalue weighted by atomic mass is 9.95. The van der Waals surface area contributed by atoms with E-state index >= 15 is 0 Å². The van der Waals surface area contributed by atoms with Crippen LogP contribution in [0.5, 0.6) is 11.5 Å². The SMILES string of the molecule is CC(C)[C@H](NC(=O)c1ccccc1S(C)(=O)=O)c1ccc2c(c1)OCCCO2. The second-order valence-electron chi connectivity index (χ2n) is 7.22. The van der Waals surface area contributed by atoms with Crippen LogP contribution in [0, 0.1) is 5.92 Å². The van der Waals surface area contributed by atoms with Gasteiger partial charge in [-0.2, -0.15) is 0 Å². The van der Waals surface area contributed by atoms with Gasteiger partial charge in [-0.1, -0.05) is 32.0 Å². The van der Waals surface area contributed by atoms with Crippen LogP contribution in [0.1, 0.15) is 42.2 Å². The summed E-state index contributed by atoms with van der Waals surface area (Å²) in [6, 6.07) is 11.6. The molecule has 0 fully saturated rings. The summed E-state index contributed by atoms with van der Waals surface area (Å²) in [6.45, 7) is 5.18. The third-order valence-electron chi connectivity index (χ3n) is 4.62. The van der Waals surface area contributed by atoms with Gasteiger partial charge in [-0.25, -0.2) is 8.42 Å². The largest absolute Gasteiger partial charge is 0.490 e. The highest BCUT2D eigenvalue weighted by Gasteiger charge is 2.24. The van der Waals surface area contributed by atoms with Crippen molar-refractivity contribution in [3.05, 3.63) is 53.6 Å². The number of hydrogen-bond acceptors (Lipinski definition) is 5. The first-order chi connectivity index (χ1) is 13.3. The molecule has 1 heterocycles. The molecule has 1 amide bonds. The molecule has 1 atom stereocenters. The monoisotopic (exact) mass is 403 g/mol. The van der Waals surface area contributed by atoms with Crippen LogP contribution in [-0.4, -0.2) is 33.8 Å². The van der Waals surface area contributed by atoms with E-state index in [0.717, 1.165) is 18.2 Å². The molecule has 0 spiro atoms. The Morgan fingerprint density at radius 3 is 2.39 bits per heavy atom. The van der Waals surface area contributed by atoms with Crippen molar-refractivity contribution in [2.24, 2.45) is 5.92 Å². The number of carbonyl (C=O) groups excluding carboxylic acids is 1. The topological polar surface area (TPSA) is 81.7 Å². The average molecular weight is 404 g/mol. The van der Waals surface area contributed by atoms with Crippen molar-refractivity contribution in [3.63, 3.8) is 0 Å². The van der Waals surface area contributed by atoms with Gasteiger partial charge in [0.1, 0.15) is 0 Å². The Labute approximate surface area is 165 Å². The number of amides is 1. The third-order valence-corrected chi connectivity index (χ3v) is 5.77. The van der Waals surface area contributed by atoms with Gasteiger partial charge in [-0.05, 0) is 35.7 Å². The van der Waals surface area contributed by atoms with Gasteiger partial charge >= 0.3 is 0 Å². The Kier molecular flexibility index (Phi) is 5.93. The summed E-state index contributed by atoms with van der Waals surface area (Å²) in [5.74, 6) is 1.01. The van der Waals surface area contributed by atoms with E-state index in [1.807, 2.05) is 32.0 Å². The highest BCUT2D eigenvalue weighted by molar-refractivity contribution is 7.90. The number of carbonyl (C=O) groups is 1. The second-order valence-corrected chi connectivity index (χ2v) is 9.20. The van der Waals surface area contributed by atoms with E-state index in [9.17, 15) is 13.2 Å². The molecule has 7 heteroatoms. The van der Waals surface area contributed by atoms with Crippen molar-refractivity contribution < 1.29 is 22.7 Å². The third kappa shape index (κ3) is 4.47. The van der Waals surface area contributed by atoms with Gasteiger partial charge in [0.15, 0.2) is 21.3 Å². The minimum Gasteiger partial charge on any atom is -0.490 e. The van der Waals surface area contributed by atoms with Crippen molar-refractivity contribution in [1.29, 1.82) is 0 Å². The highest BCUT2D eigenvalue weighted by atomic mass is 32.2. The molecule has 1 N–H and O–H groups in total. The van der Waals surface area contributed by atoms with E-state index < -0.39 is 15.7 Å². The molecule has 2 aromatic rings. The predicted molar refractivity (Wildman–Crippen MR) is 107 cm³/mol. The lowest BCUT2D eigenvalue weighted by Gasteiger charge is -2.24. The van der Waals surface area contributed by atoms with Gasteiger partial charge in [-0.3, -0.25) is 4.79 Å². The van der Waals surface area contributed by atoms with Gasteiger partial charge in [0.2, 0.25) is 0 Å². The number of hydrogen-bond donors (Lipinski definition) is 1. The van der Waals surface area contributed by atoms with Crippen LogP contribution >= 0.6 is 0 Å². The van der Waals surface area contributed by atoms with Crippen molar-refractivity contribution in [2.45, 2.75) is 31.2 Å². The van der Waals surface area contributed by atoms with Crippen LogP contribution in [0.2, 0.25) is 0 Å². The van der Waals surface area contributed by atoms with Crippen LogP contribution in [0.3, 0.4) is 0 Å². The number of ether oxygens (including phenoxy) is 2. The Balaban J connectivity index is 1.91. The van der Waals surface area contributed by atoms with Gasteiger partial charge in [0.25, 0.3) is 5.91 Å². The Morgan fingerprint density at radius 2 is 1.71 bits per heavy atom. The molecule has 0 aromatic heterocycles. The minimum absolute atomic E-state index is 0.0219. The van der Waals surface area contributed by atoms with Crippen molar-refractivity contribution in [3.8, 4) is 11.5 Å². The van der Waals surface area contributed by atoms with E-state index in [4.69, 9.17) is 9.47 Å². The van der Waals surface area contributed by atoms with Crippen molar-refractivity contribution >= 4 is 15.7 Å². The summed E-state index contributed by atoms with van der Waals surface area (Å²) in [5, 5.41) is 2.98. The first-order valence-corrected chi connectivity index (χ1v) is 11.2. The molecule has 2 aromatic carbocycles. The zero-order chi connectivity index (χ0) is 20.3. The Morgan fingerprint density at radius 1 is 1.04 bits per heavy atom. The van der Waals surface area contributed by atoms with Gasteiger partial charge in [-0.15, -0.1) is 0 Å². The number of sulfone groups is 1. The lowest BCUT2D eigenvalue weighted by Crippen LogP contribution is -2.32. The second kappa shape index (κ2) is 8.22. The summed E-state index contributed by atoms with van der Waals surface area (Å²) >= 11 is 0. The van der Waals surface area contributed by atoms with Gasteiger partial charge in [0.05, 0.1) is 29.7 Å². The molecule has 0 saturated heterocycles. The van der Waals surface area contributed by atoms with Crippen LogP contribution in [0.25, 0.3) is 0 Å². The maximum atomic E-state index is 12.9. The normalized spacial score (nSPS) is 15.0. The maximum Gasteiger partial charge on any atom is 0.253 e. The number of fused-ring (bicyclic) bond motifs is 1. The quantitative estimate of drug-likeness (QED) is 0.828. The standard InChI is InChI=1S/C21H25NO5S/c1-14(2)20(15-9-10-17-18(13-15)27-12-6-11-26-17)22-21(23)16-7-4-5-8-19(16)28(3,24)25/h4-5,7-10,13-14,20H,6,11-12H2,1-3H3,(H,22,23)/t20-/m0/s1. The highest BCUT2D eigenvalue weighted by Crippen LogP contribution is 2.34. The number of rotatable bonds is 5. The van der Waals surface area contributed by atoms with Gasteiger partial charge < -0.3 is 14.8 Å². The number of nitrogens with one attached hydrogen (secondary N) is 1. The summed E-state index contributed by atoms with van der Waals surface area (Å²) < 4.78 is 35.5. The predicted octanol–water partition coefficient (Wildman–Crippen LogP) is 3.38. The van der Waals surface area contributed by atoms with E-state index in [1.54, 1.807) is 12.1 Å². The fourth-order valence-corrected chi connectivity index (χ4v) is 4.09. The summed E-state index contributed by atoms with van der Waals surface area (Å²) in [6.07, 6.45) is 1.92. The molecule has 0 unspecified atom stereocenters. The molecular weight excluding hydrogens is 378 g/mol. The fourth-order valence-electron chi connectivity index (χ4n) is 3.20. The summed E-state index contributed by atoms with van der Waals surface area (Å²) in [5.41, 5.74) is 1.02. The molecule has 28 heavy (non-hydrogen) atoms. The molecule has 0 saturated carbocycles. The van der Waals surface area contributed by atoms with Crippen LogP contribution < -0.4 is 14.8 Å². The van der Waals surface area contributed by atoms with E-state index in [2.05, 4.69) is 5.32 Å². The molecule has 1 aliphatic heterocycles. The fraction of sp³-hybridized carbons (Fsp3) is 0.381. The molecule has 3 rings (SSSR count). The van der Waals surface area contributed by atoms with Gasteiger partial charge in [0, 0.05) is 12.7 Å². The molecular formula is C21H25NO5S. The Hall–Kier alpha value is -2.54. The Bertz CT molecular complexity index is 969. The zero-order valence-electron chi connectivity index (χ0n) is 16.3. The molecule has 1 aliphatic rings. The van der Waals surface area contributed by atoms with Crippen LogP contribution in [0.4, 0.5) is 0 Å². The maximum absolute atomic E-state index is 12.9. The lowest BCUT2D eigenvalue weighted by molar-refractivity contribution is 0.0922. The van der Waals surface area contributed by atoms with Crippen molar-refractivity contribution in [2.75, 3.05) is 19.5 Å². The molecule has 150 valence electrons. The molecule has 0 bridgehead atoms. The van der Waals surface area contributed by atoms with E-state index in [0.29, 0.717) is 24.7 Å². The number of benzene rings is 2. The van der Waals surface area contributed by atoms with Crippen LogP contribution in [0.15, 0.2) is 47.4 Å². The van der Waals surface area contributed by atoms with Crippen LogP contribution in [-0.2, 0) is 9.84 Å². The molecule has 0 radical (unpaired) electrons. The summed E-state index contributed by atoms with van der Waals surface area (Å²) in [7, 11) is -3.51. The first-order valence-electron chi connectivity index (χ1n) is 9.27. The minimum atomic E-state index is -3.51. The molecule has 0 aliphatic carbocycles. The smallest absolute Gasteiger partial charge is 0.253 e. The van der Waals surface area contributed by atoms with Crippen molar-refractivity contribution in [1.82, 2.24) is 5.32 Å². The molecule has 6 nitrogen and oxygen atoms in total.